The molecular formula is C14H15N5. The van der Waals surface area contributed by atoms with Crippen molar-refractivity contribution in [1.82, 2.24) is 19.5 Å². The predicted octanol–water partition coefficient (Wildman–Crippen LogP) is 1.89. The predicted molar refractivity (Wildman–Crippen MR) is 74.0 cm³/mol. The minimum atomic E-state index is 0.355. The average Bonchev–Trinajstić information content (AvgIpc) is 2.82. The Morgan fingerprint density at radius 1 is 1.05 bits per heavy atom. The second-order valence-electron chi connectivity index (χ2n) is 4.57. The lowest BCUT2D eigenvalue weighted by atomic mass is 10.1. The van der Waals surface area contributed by atoms with Gasteiger partial charge in [0.25, 0.3) is 0 Å². The molecule has 2 N–H and O–H groups in total. The molecule has 0 saturated heterocycles. The molecule has 3 aromatic rings. The summed E-state index contributed by atoms with van der Waals surface area (Å²) in [6.45, 7) is 4.53. The Morgan fingerprint density at radius 3 is 2.58 bits per heavy atom. The van der Waals surface area contributed by atoms with Crippen LogP contribution in [0.3, 0.4) is 0 Å². The first-order valence-corrected chi connectivity index (χ1v) is 6.15. The third-order valence-corrected chi connectivity index (χ3v) is 3.34. The standard InChI is InChI=1S/C14H15N5/c1-9-5-11-13(6-10(9)2)19(8-18-11)14-12(7-15)16-3-4-17-14/h3-6,8H,7,15H2,1-2H3. The number of hydrogen-bond donors (Lipinski definition) is 1. The van der Waals surface area contributed by atoms with E-state index in [4.69, 9.17) is 5.73 Å². The van der Waals surface area contributed by atoms with E-state index in [-0.39, 0.29) is 0 Å². The lowest BCUT2D eigenvalue weighted by Crippen LogP contribution is -2.08. The minimum absolute atomic E-state index is 0.355. The molecule has 0 spiro atoms. The zero-order valence-corrected chi connectivity index (χ0v) is 11.0. The minimum Gasteiger partial charge on any atom is -0.325 e. The summed E-state index contributed by atoms with van der Waals surface area (Å²) in [6, 6.07) is 4.20. The van der Waals surface area contributed by atoms with E-state index in [0.29, 0.717) is 6.54 Å². The van der Waals surface area contributed by atoms with Gasteiger partial charge in [-0.25, -0.2) is 9.97 Å². The normalized spacial score (nSPS) is 11.1. The number of aromatic nitrogens is 4. The molecule has 0 aliphatic carbocycles. The maximum Gasteiger partial charge on any atom is 0.161 e. The van der Waals surface area contributed by atoms with E-state index in [0.717, 1.165) is 22.5 Å². The van der Waals surface area contributed by atoms with E-state index in [1.54, 1.807) is 18.7 Å². The number of nitrogens with zero attached hydrogens (tertiary/aromatic N) is 4. The van der Waals surface area contributed by atoms with Crippen molar-refractivity contribution in [2.24, 2.45) is 5.73 Å². The molecule has 1 aromatic carbocycles. The molecule has 5 heteroatoms. The van der Waals surface area contributed by atoms with Crippen LogP contribution in [-0.4, -0.2) is 19.5 Å². The first kappa shape index (κ1) is 11.8. The van der Waals surface area contributed by atoms with E-state index < -0.39 is 0 Å². The fourth-order valence-electron chi connectivity index (χ4n) is 2.14. The quantitative estimate of drug-likeness (QED) is 0.757. The molecule has 0 radical (unpaired) electrons. The van der Waals surface area contributed by atoms with Gasteiger partial charge in [-0.1, -0.05) is 0 Å². The highest BCUT2D eigenvalue weighted by Crippen LogP contribution is 2.21. The third kappa shape index (κ3) is 1.88. The largest absolute Gasteiger partial charge is 0.325 e. The molecule has 0 atom stereocenters. The van der Waals surface area contributed by atoms with E-state index in [2.05, 4.69) is 40.9 Å². The van der Waals surface area contributed by atoms with E-state index >= 15 is 0 Å². The van der Waals surface area contributed by atoms with Crippen LogP contribution in [0.1, 0.15) is 16.8 Å². The van der Waals surface area contributed by atoms with Crippen LogP contribution in [0, 0.1) is 13.8 Å². The van der Waals surface area contributed by atoms with Gasteiger partial charge in [0.1, 0.15) is 6.33 Å². The highest BCUT2D eigenvalue weighted by molar-refractivity contribution is 5.79. The van der Waals surface area contributed by atoms with Gasteiger partial charge in [-0.05, 0) is 37.1 Å². The summed E-state index contributed by atoms with van der Waals surface area (Å²) >= 11 is 0. The Morgan fingerprint density at radius 2 is 1.79 bits per heavy atom. The molecule has 2 heterocycles. The molecule has 19 heavy (non-hydrogen) atoms. The third-order valence-electron chi connectivity index (χ3n) is 3.34. The molecular weight excluding hydrogens is 238 g/mol. The Labute approximate surface area is 111 Å². The number of benzene rings is 1. The molecule has 3 rings (SSSR count). The number of aryl methyl sites for hydroxylation is 2. The Balaban J connectivity index is 2.28. The number of rotatable bonds is 2. The fourth-order valence-corrected chi connectivity index (χ4v) is 2.14. The highest BCUT2D eigenvalue weighted by Gasteiger charge is 2.11. The zero-order valence-electron chi connectivity index (χ0n) is 11.0. The SMILES string of the molecule is Cc1cc2ncn(-c3nccnc3CN)c2cc1C. The highest BCUT2D eigenvalue weighted by atomic mass is 15.1. The van der Waals surface area contributed by atoms with E-state index in [9.17, 15) is 0 Å². The van der Waals surface area contributed by atoms with Crippen molar-refractivity contribution < 1.29 is 0 Å². The van der Waals surface area contributed by atoms with Crippen molar-refractivity contribution in [2.75, 3.05) is 0 Å². The molecule has 5 nitrogen and oxygen atoms in total. The molecule has 0 aliphatic rings. The van der Waals surface area contributed by atoms with Crippen molar-refractivity contribution >= 4 is 11.0 Å². The first-order chi connectivity index (χ1) is 9.20. The van der Waals surface area contributed by atoms with Gasteiger partial charge in [0.05, 0.1) is 16.7 Å². The Kier molecular flexibility index (Phi) is 2.76. The summed E-state index contributed by atoms with van der Waals surface area (Å²) in [6.07, 6.45) is 5.09. The van der Waals surface area contributed by atoms with Gasteiger partial charge in [-0.3, -0.25) is 9.55 Å². The number of nitrogens with two attached hydrogens (primary N) is 1. The average molecular weight is 253 g/mol. The van der Waals surface area contributed by atoms with Gasteiger partial charge < -0.3 is 5.73 Å². The molecule has 0 saturated carbocycles. The van der Waals surface area contributed by atoms with Crippen LogP contribution in [-0.2, 0) is 6.54 Å². The summed E-state index contributed by atoms with van der Waals surface area (Å²) in [5.41, 5.74) is 10.9. The summed E-state index contributed by atoms with van der Waals surface area (Å²) in [5, 5.41) is 0. The van der Waals surface area contributed by atoms with Gasteiger partial charge in [0.2, 0.25) is 0 Å². The van der Waals surface area contributed by atoms with Crippen LogP contribution in [0.2, 0.25) is 0 Å². The van der Waals surface area contributed by atoms with Gasteiger partial charge in [-0.2, -0.15) is 0 Å². The smallest absolute Gasteiger partial charge is 0.161 e. The van der Waals surface area contributed by atoms with Crippen LogP contribution >= 0.6 is 0 Å². The number of imidazole rings is 1. The molecule has 0 bridgehead atoms. The molecule has 0 aliphatic heterocycles. The summed E-state index contributed by atoms with van der Waals surface area (Å²) < 4.78 is 1.94. The van der Waals surface area contributed by atoms with Crippen LogP contribution in [0.15, 0.2) is 30.9 Å². The van der Waals surface area contributed by atoms with Gasteiger partial charge in [0.15, 0.2) is 5.82 Å². The summed E-state index contributed by atoms with van der Waals surface area (Å²) in [7, 11) is 0. The van der Waals surface area contributed by atoms with Crippen LogP contribution in [0.5, 0.6) is 0 Å². The van der Waals surface area contributed by atoms with Crippen molar-refractivity contribution in [3.8, 4) is 5.82 Å². The van der Waals surface area contributed by atoms with Crippen molar-refractivity contribution in [1.29, 1.82) is 0 Å². The van der Waals surface area contributed by atoms with Crippen LogP contribution in [0.25, 0.3) is 16.9 Å². The van der Waals surface area contributed by atoms with Gasteiger partial charge in [-0.15, -0.1) is 0 Å². The van der Waals surface area contributed by atoms with Crippen LogP contribution in [0.4, 0.5) is 0 Å². The zero-order chi connectivity index (χ0) is 13.4. The van der Waals surface area contributed by atoms with Crippen molar-refractivity contribution in [3.63, 3.8) is 0 Å². The Hall–Kier alpha value is -2.27. The number of hydrogen-bond acceptors (Lipinski definition) is 4. The van der Waals surface area contributed by atoms with E-state index in [1.807, 2.05) is 4.57 Å². The fraction of sp³-hybridized carbons (Fsp3) is 0.214. The van der Waals surface area contributed by atoms with Crippen molar-refractivity contribution in [2.45, 2.75) is 20.4 Å². The maximum atomic E-state index is 5.72. The summed E-state index contributed by atoms with van der Waals surface area (Å²) in [4.78, 5) is 13.1. The van der Waals surface area contributed by atoms with Gasteiger partial charge >= 0.3 is 0 Å². The molecule has 0 amide bonds. The molecule has 0 fully saturated rings. The summed E-state index contributed by atoms with van der Waals surface area (Å²) in [5.74, 6) is 0.746. The van der Waals surface area contributed by atoms with E-state index in [1.165, 1.54) is 11.1 Å². The molecule has 96 valence electrons. The first-order valence-electron chi connectivity index (χ1n) is 6.15. The topological polar surface area (TPSA) is 69.6 Å². The second kappa shape index (κ2) is 4.44. The van der Waals surface area contributed by atoms with Gasteiger partial charge in [0, 0.05) is 18.9 Å². The lowest BCUT2D eigenvalue weighted by Gasteiger charge is -2.08. The lowest BCUT2D eigenvalue weighted by molar-refractivity contribution is 0.896. The van der Waals surface area contributed by atoms with Crippen LogP contribution < -0.4 is 5.73 Å². The Bertz CT molecular complexity index is 745. The monoisotopic (exact) mass is 253 g/mol. The number of fused-ring (bicyclic) bond motifs is 1. The second-order valence-corrected chi connectivity index (χ2v) is 4.57. The molecule has 0 unspecified atom stereocenters. The van der Waals surface area contributed by atoms with Crippen molar-refractivity contribution in [3.05, 3.63) is 47.7 Å². The molecule has 2 aromatic heterocycles. The maximum absolute atomic E-state index is 5.72.